The molecule has 306 valence electrons. The molecule has 1 atom stereocenters. The Balaban J connectivity index is 0.753. The normalized spacial score (nSPS) is 17.6. The van der Waals surface area contributed by atoms with E-state index < -0.39 is 6.10 Å². The van der Waals surface area contributed by atoms with Gasteiger partial charge < -0.3 is 44.7 Å². The van der Waals surface area contributed by atoms with Gasteiger partial charge in [0.05, 0.1) is 50.0 Å². The van der Waals surface area contributed by atoms with Crippen LogP contribution in [0.5, 0.6) is 5.75 Å². The summed E-state index contributed by atoms with van der Waals surface area (Å²) in [6, 6.07) is 16.6. The first-order valence-corrected chi connectivity index (χ1v) is 20.5. The summed E-state index contributed by atoms with van der Waals surface area (Å²) in [5.74, 6) is 0.667. The Morgan fingerprint density at radius 2 is 1.88 bits per heavy atom. The highest BCUT2D eigenvalue weighted by Gasteiger charge is 2.41. The van der Waals surface area contributed by atoms with Crippen LogP contribution < -0.4 is 10.9 Å². The van der Waals surface area contributed by atoms with Crippen LogP contribution >= 0.6 is 0 Å². The summed E-state index contributed by atoms with van der Waals surface area (Å²) in [7, 11) is 1.76. The Hall–Kier alpha value is -4.60. The Kier molecular flexibility index (Phi) is 13.4. The minimum absolute atomic E-state index is 0.00997. The van der Waals surface area contributed by atoms with Gasteiger partial charge in [-0.15, -0.1) is 0 Å². The third-order valence-corrected chi connectivity index (χ3v) is 11.7. The molecule has 0 radical (unpaired) electrons. The molecule has 1 aliphatic carbocycles. The van der Waals surface area contributed by atoms with Gasteiger partial charge in [-0.3, -0.25) is 19.1 Å². The van der Waals surface area contributed by atoms with Crippen LogP contribution in [0.3, 0.4) is 0 Å². The molecule has 1 spiro atoms. The zero-order valence-corrected chi connectivity index (χ0v) is 33.0. The van der Waals surface area contributed by atoms with Gasteiger partial charge in [-0.05, 0) is 79.3 Å². The number of hydrogen-bond acceptors (Lipinski definition) is 10. The summed E-state index contributed by atoms with van der Waals surface area (Å²) in [4.78, 5) is 46.4. The molecule has 2 saturated heterocycles. The Bertz CT molecular complexity index is 2040. The SMILES string of the molecule is CN(CCNC[C@H](O)c1ccc(O)c2[nH]c(=O)ccc12)C(=O)CCOCCc1cccc(CCN2CCC3(CC2)CN(C(=O)c2ccn(CC4CC4)n2)CCO3)c1. The van der Waals surface area contributed by atoms with Crippen molar-refractivity contribution < 1.29 is 29.3 Å². The molecule has 4 heterocycles. The van der Waals surface area contributed by atoms with Crippen LogP contribution in [0.1, 0.15) is 65.4 Å². The van der Waals surface area contributed by atoms with Gasteiger partial charge in [0.2, 0.25) is 11.5 Å². The van der Waals surface area contributed by atoms with E-state index in [1.165, 1.54) is 36.1 Å². The number of phenols is 1. The number of aromatic nitrogens is 3. The van der Waals surface area contributed by atoms with Gasteiger partial charge in [-0.2, -0.15) is 5.10 Å². The molecular weight excluding hydrogens is 727 g/mol. The maximum Gasteiger partial charge on any atom is 0.274 e. The van der Waals surface area contributed by atoms with Gasteiger partial charge in [0.25, 0.3) is 5.91 Å². The molecule has 2 amide bonds. The molecule has 14 heteroatoms. The molecule has 2 aliphatic heterocycles. The summed E-state index contributed by atoms with van der Waals surface area (Å²) < 4.78 is 14.1. The van der Waals surface area contributed by atoms with Crippen molar-refractivity contribution in [2.24, 2.45) is 5.92 Å². The topological polar surface area (TPSA) is 165 Å². The van der Waals surface area contributed by atoms with Gasteiger partial charge in [0, 0.05) is 77.1 Å². The van der Waals surface area contributed by atoms with Crippen molar-refractivity contribution in [2.45, 2.75) is 63.2 Å². The van der Waals surface area contributed by atoms with Gasteiger partial charge in [-0.1, -0.05) is 30.3 Å². The zero-order valence-electron chi connectivity index (χ0n) is 33.0. The number of nitrogens with one attached hydrogen (secondary N) is 2. The molecule has 4 aromatic rings. The lowest BCUT2D eigenvalue weighted by atomic mass is 9.89. The molecule has 4 N–H and O–H groups in total. The lowest BCUT2D eigenvalue weighted by Crippen LogP contribution is -2.58. The number of piperidine rings is 1. The average Bonchev–Trinajstić information content (AvgIpc) is 3.92. The molecule has 3 aliphatic rings. The van der Waals surface area contributed by atoms with Crippen molar-refractivity contribution in [3.8, 4) is 5.75 Å². The fraction of sp³-hybridized carbons (Fsp3) is 0.535. The van der Waals surface area contributed by atoms with E-state index in [1.807, 2.05) is 21.8 Å². The quantitative estimate of drug-likeness (QED) is 0.110. The predicted octanol–water partition coefficient (Wildman–Crippen LogP) is 3.12. The number of benzene rings is 2. The number of phenolic OH excluding ortho intramolecular Hbond substituents is 1. The first kappa shape index (κ1) is 40.6. The van der Waals surface area contributed by atoms with E-state index in [1.54, 1.807) is 24.1 Å². The van der Waals surface area contributed by atoms with Crippen LogP contribution in [-0.4, -0.2) is 136 Å². The zero-order chi connectivity index (χ0) is 39.8. The number of morpholine rings is 1. The number of likely N-dealkylation sites (N-methyl/N-ethyl adjacent to an activating group) is 1. The molecule has 3 fully saturated rings. The number of carbonyl (C=O) groups is 2. The Labute approximate surface area is 333 Å². The number of aliphatic hydroxyl groups is 1. The van der Waals surface area contributed by atoms with E-state index in [2.05, 4.69) is 44.6 Å². The average molecular weight is 784 g/mol. The van der Waals surface area contributed by atoms with Crippen LogP contribution in [0.4, 0.5) is 0 Å². The van der Waals surface area contributed by atoms with Crippen molar-refractivity contribution in [1.29, 1.82) is 0 Å². The Morgan fingerprint density at radius 3 is 2.68 bits per heavy atom. The number of fused-ring (bicyclic) bond motifs is 1. The number of amides is 2. The van der Waals surface area contributed by atoms with Crippen LogP contribution in [0.2, 0.25) is 0 Å². The third-order valence-electron chi connectivity index (χ3n) is 11.7. The third kappa shape index (κ3) is 10.9. The summed E-state index contributed by atoms with van der Waals surface area (Å²) in [6.45, 7) is 7.68. The van der Waals surface area contributed by atoms with Crippen molar-refractivity contribution in [3.05, 3.63) is 93.5 Å². The van der Waals surface area contributed by atoms with Crippen molar-refractivity contribution in [2.75, 3.05) is 79.2 Å². The number of ether oxygens (including phenoxy) is 2. The second-order valence-corrected chi connectivity index (χ2v) is 16.0. The number of aromatic hydroxyl groups is 1. The summed E-state index contributed by atoms with van der Waals surface area (Å²) >= 11 is 0. The Morgan fingerprint density at radius 1 is 1.07 bits per heavy atom. The summed E-state index contributed by atoms with van der Waals surface area (Å²) in [6.07, 6.45) is 7.44. The number of H-pyrrole nitrogens is 1. The van der Waals surface area contributed by atoms with Crippen molar-refractivity contribution in [1.82, 2.24) is 34.8 Å². The number of pyridine rings is 1. The first-order chi connectivity index (χ1) is 27.6. The lowest BCUT2D eigenvalue weighted by molar-refractivity contribution is -0.131. The van der Waals surface area contributed by atoms with Gasteiger partial charge in [-0.25, -0.2) is 0 Å². The van der Waals surface area contributed by atoms with Crippen molar-refractivity contribution in [3.63, 3.8) is 0 Å². The standard InChI is InChI=1S/C43H57N7O7/c1-47(22-17-44-28-38(52)34-7-9-37(51)41-35(34)8-10-39(53)45-41)40(54)14-25-56-24-13-32-4-2-3-31(27-32)11-18-48-20-15-43(16-21-48)30-49(23-26-57-43)42(55)36-12-19-50(46-36)29-33-5-6-33/h2-4,7-10,12,19,27,33,38,44,51-52H,5-6,11,13-18,20-26,28-30H2,1H3,(H,45,53)/t38-/m0/s1. The van der Waals surface area contributed by atoms with E-state index in [0.717, 1.165) is 51.9 Å². The molecule has 1 saturated carbocycles. The summed E-state index contributed by atoms with van der Waals surface area (Å²) in [5.41, 5.74) is 3.33. The number of aliphatic hydroxyl groups excluding tert-OH is 1. The molecule has 2 aromatic carbocycles. The fourth-order valence-corrected chi connectivity index (χ4v) is 7.95. The molecular formula is C43H57N7O7. The highest BCUT2D eigenvalue weighted by molar-refractivity contribution is 5.92. The smallest absolute Gasteiger partial charge is 0.274 e. The number of carbonyl (C=O) groups excluding carboxylic acids is 2. The van der Waals surface area contributed by atoms with Crippen LogP contribution in [0.15, 0.2) is 65.6 Å². The van der Waals surface area contributed by atoms with E-state index in [4.69, 9.17) is 9.47 Å². The number of aromatic amines is 1. The fourth-order valence-electron chi connectivity index (χ4n) is 7.95. The van der Waals surface area contributed by atoms with Gasteiger partial charge in [0.15, 0.2) is 0 Å². The van der Waals surface area contributed by atoms with Crippen molar-refractivity contribution >= 4 is 22.7 Å². The molecule has 0 unspecified atom stereocenters. The van der Waals surface area contributed by atoms with Crippen LogP contribution in [0.25, 0.3) is 10.9 Å². The van der Waals surface area contributed by atoms with Crippen LogP contribution in [-0.2, 0) is 33.7 Å². The monoisotopic (exact) mass is 783 g/mol. The highest BCUT2D eigenvalue weighted by atomic mass is 16.5. The van der Waals surface area contributed by atoms with Gasteiger partial charge >= 0.3 is 0 Å². The second-order valence-electron chi connectivity index (χ2n) is 16.0. The number of likely N-dealkylation sites (tertiary alicyclic amines) is 1. The molecule has 14 nitrogen and oxygen atoms in total. The van der Waals surface area contributed by atoms with Gasteiger partial charge in [0.1, 0.15) is 11.4 Å². The molecule has 0 bridgehead atoms. The largest absolute Gasteiger partial charge is 0.506 e. The summed E-state index contributed by atoms with van der Waals surface area (Å²) in [5, 5.41) is 29.2. The minimum atomic E-state index is -0.861. The van der Waals surface area contributed by atoms with E-state index >= 15 is 0 Å². The lowest BCUT2D eigenvalue weighted by Gasteiger charge is -2.47. The number of hydrogen-bond donors (Lipinski definition) is 4. The first-order valence-electron chi connectivity index (χ1n) is 20.5. The maximum atomic E-state index is 13.3. The minimum Gasteiger partial charge on any atom is -0.506 e. The highest BCUT2D eigenvalue weighted by Crippen LogP contribution is 2.32. The molecule has 57 heavy (non-hydrogen) atoms. The number of rotatable bonds is 18. The predicted molar refractivity (Wildman–Crippen MR) is 216 cm³/mol. The molecule has 2 aromatic heterocycles. The van der Waals surface area contributed by atoms with E-state index in [0.29, 0.717) is 80.5 Å². The number of nitrogens with zero attached hydrogens (tertiary/aromatic N) is 5. The maximum absolute atomic E-state index is 13.3. The van der Waals surface area contributed by atoms with Crippen LogP contribution in [0, 0.1) is 5.92 Å². The van der Waals surface area contributed by atoms with E-state index in [9.17, 15) is 24.6 Å². The molecule has 7 rings (SSSR count). The second kappa shape index (κ2) is 18.8. The van der Waals surface area contributed by atoms with E-state index in [-0.39, 0.29) is 35.3 Å².